The van der Waals surface area contributed by atoms with Crippen LogP contribution in [-0.2, 0) is 0 Å². The lowest BCUT2D eigenvalue weighted by atomic mass is 10.1. The minimum absolute atomic E-state index is 0.835. The van der Waals surface area contributed by atoms with Crippen LogP contribution in [0.5, 0.6) is 5.75 Å². The molecule has 2 aliphatic rings. The molecule has 0 aliphatic carbocycles. The Morgan fingerprint density at radius 3 is 2.70 bits per heavy atom. The van der Waals surface area contributed by atoms with Crippen molar-refractivity contribution in [3.63, 3.8) is 0 Å². The van der Waals surface area contributed by atoms with Crippen LogP contribution in [0.4, 0.5) is 5.69 Å². The molecule has 0 N–H and O–H groups in total. The first-order chi connectivity index (χ1) is 9.76. The van der Waals surface area contributed by atoms with Gasteiger partial charge in [0.25, 0.3) is 0 Å². The zero-order valence-corrected chi connectivity index (χ0v) is 11.6. The van der Waals surface area contributed by atoms with Gasteiger partial charge in [0.15, 0.2) is 0 Å². The Bertz CT molecular complexity index is 662. The molecule has 20 heavy (non-hydrogen) atoms. The first-order valence-electron chi connectivity index (χ1n) is 6.49. The summed E-state index contributed by atoms with van der Waals surface area (Å²) in [4.78, 5) is 6.44. The maximum absolute atomic E-state index is 5.21. The molecule has 0 aromatic heterocycles. The quantitative estimate of drug-likeness (QED) is 0.813. The van der Waals surface area contributed by atoms with E-state index in [9.17, 15) is 0 Å². The second-order valence-corrected chi connectivity index (χ2v) is 4.73. The number of ether oxygens (including phenoxy) is 1. The second kappa shape index (κ2) is 5.21. The molecule has 1 aromatic carbocycles. The normalized spacial score (nSPS) is 17.8. The van der Waals surface area contributed by atoms with Crippen LogP contribution in [0.15, 0.2) is 65.5 Å². The molecule has 0 saturated heterocycles. The molecule has 0 amide bonds. The molecular formula is C17H16N2O. The molecule has 0 fully saturated rings. The van der Waals surface area contributed by atoms with E-state index in [0.717, 1.165) is 22.6 Å². The Morgan fingerprint density at radius 2 is 1.95 bits per heavy atom. The third-order valence-electron chi connectivity index (χ3n) is 3.32. The van der Waals surface area contributed by atoms with E-state index in [1.165, 1.54) is 5.57 Å². The lowest BCUT2D eigenvalue weighted by Crippen LogP contribution is -2.02. The summed E-state index contributed by atoms with van der Waals surface area (Å²) in [5, 5.41) is 0. The fourth-order valence-electron chi connectivity index (χ4n) is 2.14. The summed E-state index contributed by atoms with van der Waals surface area (Å²) in [6, 6.07) is 5.96. The number of hydrogen-bond donors (Lipinski definition) is 0. The van der Waals surface area contributed by atoms with E-state index in [4.69, 9.17) is 4.74 Å². The minimum Gasteiger partial charge on any atom is -0.497 e. The SMILES string of the molecule is COc1ccc2c(c1)N=C/C2=C/C=C1C=CN(C)C=C1. The number of allylic oxidation sites excluding steroid dienone is 6. The summed E-state index contributed by atoms with van der Waals surface area (Å²) in [7, 11) is 3.68. The lowest BCUT2D eigenvalue weighted by molar-refractivity contribution is 0.415. The van der Waals surface area contributed by atoms with Crippen molar-refractivity contribution in [2.24, 2.45) is 4.99 Å². The zero-order chi connectivity index (χ0) is 13.9. The van der Waals surface area contributed by atoms with Gasteiger partial charge < -0.3 is 9.64 Å². The Balaban J connectivity index is 1.87. The van der Waals surface area contributed by atoms with Crippen molar-refractivity contribution in [2.45, 2.75) is 0 Å². The predicted molar refractivity (Wildman–Crippen MR) is 83.2 cm³/mol. The first-order valence-corrected chi connectivity index (χ1v) is 6.49. The van der Waals surface area contributed by atoms with Crippen LogP contribution < -0.4 is 4.74 Å². The van der Waals surface area contributed by atoms with Gasteiger partial charge in [0.05, 0.1) is 12.8 Å². The summed E-state index contributed by atoms with van der Waals surface area (Å²) in [5.41, 5.74) is 4.40. The number of methoxy groups -OCH3 is 1. The van der Waals surface area contributed by atoms with Crippen molar-refractivity contribution < 1.29 is 4.74 Å². The van der Waals surface area contributed by atoms with Crippen LogP contribution in [0, 0.1) is 0 Å². The van der Waals surface area contributed by atoms with Crippen LogP contribution in [0.2, 0.25) is 0 Å². The molecule has 0 atom stereocenters. The molecule has 100 valence electrons. The van der Waals surface area contributed by atoms with Gasteiger partial charge in [-0.15, -0.1) is 0 Å². The highest BCUT2D eigenvalue weighted by molar-refractivity contribution is 6.16. The van der Waals surface area contributed by atoms with Crippen molar-refractivity contribution in [3.05, 3.63) is 66.0 Å². The average molecular weight is 264 g/mol. The molecule has 0 bridgehead atoms. The monoisotopic (exact) mass is 264 g/mol. The molecule has 0 saturated carbocycles. The molecule has 3 rings (SSSR count). The number of fused-ring (bicyclic) bond motifs is 1. The summed E-state index contributed by atoms with van der Waals surface area (Å²) in [6.45, 7) is 0. The van der Waals surface area contributed by atoms with E-state index in [1.807, 2.05) is 48.8 Å². The fraction of sp³-hybridized carbons (Fsp3) is 0.118. The van der Waals surface area contributed by atoms with Gasteiger partial charge in [-0.05, 0) is 29.9 Å². The maximum atomic E-state index is 5.21. The smallest absolute Gasteiger partial charge is 0.121 e. The van der Waals surface area contributed by atoms with E-state index in [1.54, 1.807) is 7.11 Å². The topological polar surface area (TPSA) is 24.8 Å². The van der Waals surface area contributed by atoms with Crippen LogP contribution in [0.3, 0.4) is 0 Å². The molecule has 2 heterocycles. The second-order valence-electron chi connectivity index (χ2n) is 4.73. The lowest BCUT2D eigenvalue weighted by Gasteiger charge is -2.11. The van der Waals surface area contributed by atoms with Gasteiger partial charge in [-0.1, -0.05) is 12.2 Å². The molecule has 0 radical (unpaired) electrons. The number of aliphatic imine (C=N–C) groups is 1. The highest BCUT2D eigenvalue weighted by Gasteiger charge is 2.12. The van der Waals surface area contributed by atoms with Crippen LogP contribution in [0.1, 0.15) is 5.56 Å². The molecule has 1 aromatic rings. The van der Waals surface area contributed by atoms with Crippen molar-refractivity contribution in [1.82, 2.24) is 4.90 Å². The van der Waals surface area contributed by atoms with Crippen molar-refractivity contribution in [1.29, 1.82) is 0 Å². The van der Waals surface area contributed by atoms with Gasteiger partial charge in [-0.2, -0.15) is 0 Å². The summed E-state index contributed by atoms with van der Waals surface area (Å²) >= 11 is 0. The summed E-state index contributed by atoms with van der Waals surface area (Å²) in [6.07, 6.45) is 14.3. The van der Waals surface area contributed by atoms with E-state index < -0.39 is 0 Å². The predicted octanol–water partition coefficient (Wildman–Crippen LogP) is 3.69. The van der Waals surface area contributed by atoms with E-state index >= 15 is 0 Å². The fourth-order valence-corrected chi connectivity index (χ4v) is 2.14. The molecule has 3 heteroatoms. The van der Waals surface area contributed by atoms with Crippen LogP contribution >= 0.6 is 0 Å². The van der Waals surface area contributed by atoms with Gasteiger partial charge in [-0.3, -0.25) is 4.99 Å². The Labute approximate surface area is 118 Å². The average Bonchev–Trinajstić information content (AvgIpc) is 2.89. The maximum Gasteiger partial charge on any atom is 0.121 e. The highest BCUT2D eigenvalue weighted by atomic mass is 16.5. The summed E-state index contributed by atoms with van der Waals surface area (Å²) < 4.78 is 5.21. The van der Waals surface area contributed by atoms with E-state index in [2.05, 4.69) is 29.3 Å². The van der Waals surface area contributed by atoms with Gasteiger partial charge in [0.1, 0.15) is 5.75 Å². The third-order valence-corrected chi connectivity index (χ3v) is 3.32. The molecule has 0 spiro atoms. The Kier molecular flexibility index (Phi) is 3.25. The van der Waals surface area contributed by atoms with Gasteiger partial charge in [0, 0.05) is 42.9 Å². The highest BCUT2D eigenvalue weighted by Crippen LogP contribution is 2.34. The zero-order valence-electron chi connectivity index (χ0n) is 11.6. The van der Waals surface area contributed by atoms with Crippen LogP contribution in [-0.4, -0.2) is 25.3 Å². The summed E-state index contributed by atoms with van der Waals surface area (Å²) in [5.74, 6) is 0.835. The van der Waals surface area contributed by atoms with Crippen LogP contribution in [0.25, 0.3) is 5.57 Å². The largest absolute Gasteiger partial charge is 0.497 e. The number of hydrogen-bond acceptors (Lipinski definition) is 3. The molecule has 0 unspecified atom stereocenters. The third kappa shape index (κ3) is 2.43. The Hall–Kier alpha value is -2.55. The van der Waals surface area contributed by atoms with Crippen molar-refractivity contribution in [2.75, 3.05) is 14.2 Å². The van der Waals surface area contributed by atoms with Gasteiger partial charge >= 0.3 is 0 Å². The minimum atomic E-state index is 0.835. The van der Waals surface area contributed by atoms with Gasteiger partial charge in [0.2, 0.25) is 0 Å². The number of nitrogens with zero attached hydrogens (tertiary/aromatic N) is 2. The van der Waals surface area contributed by atoms with Crippen molar-refractivity contribution in [3.8, 4) is 5.75 Å². The number of rotatable bonds is 2. The Morgan fingerprint density at radius 1 is 1.15 bits per heavy atom. The molecule has 2 aliphatic heterocycles. The van der Waals surface area contributed by atoms with Gasteiger partial charge in [-0.25, -0.2) is 0 Å². The molecular weight excluding hydrogens is 248 g/mol. The number of benzene rings is 1. The van der Waals surface area contributed by atoms with Crippen molar-refractivity contribution >= 4 is 17.5 Å². The van der Waals surface area contributed by atoms with E-state index in [-0.39, 0.29) is 0 Å². The molecule has 3 nitrogen and oxygen atoms in total. The van der Waals surface area contributed by atoms with E-state index in [0.29, 0.717) is 0 Å². The first kappa shape index (κ1) is 12.5. The standard InChI is InChI=1S/C17H16N2O/c1-19-9-7-13(8-10-19)3-4-14-12-18-17-11-15(20-2)5-6-16(14)17/h3-12H,1-2H3/b14-4-.